The van der Waals surface area contributed by atoms with E-state index in [9.17, 15) is 13.2 Å². The Kier molecular flexibility index (Phi) is 6.25. The van der Waals surface area contributed by atoms with E-state index in [0.717, 1.165) is 0 Å². The third kappa shape index (κ3) is 5.36. The summed E-state index contributed by atoms with van der Waals surface area (Å²) >= 11 is 0. The SMILES string of the molecule is COC(OC)C(C)NCc1ccccc1OC(F)(F)F. The smallest absolute Gasteiger partial charge is 0.405 e. The van der Waals surface area contributed by atoms with Crippen LogP contribution in [-0.4, -0.2) is 32.9 Å². The van der Waals surface area contributed by atoms with E-state index in [1.807, 2.05) is 6.92 Å². The lowest BCUT2D eigenvalue weighted by molar-refractivity contribution is -0.274. The quantitative estimate of drug-likeness (QED) is 0.785. The first-order valence-electron chi connectivity index (χ1n) is 6.00. The van der Waals surface area contributed by atoms with Gasteiger partial charge in [0, 0.05) is 26.3 Å². The Labute approximate surface area is 115 Å². The van der Waals surface area contributed by atoms with E-state index in [1.165, 1.54) is 26.4 Å². The summed E-state index contributed by atoms with van der Waals surface area (Å²) in [6.07, 6.45) is -5.19. The van der Waals surface area contributed by atoms with E-state index in [2.05, 4.69) is 10.1 Å². The van der Waals surface area contributed by atoms with Gasteiger partial charge < -0.3 is 19.5 Å². The standard InChI is InChI=1S/C13H18F3NO3/c1-9(12(18-2)19-3)17-8-10-6-4-5-7-11(10)20-13(14,15)16/h4-7,9,12,17H,8H2,1-3H3. The molecule has 7 heteroatoms. The van der Waals surface area contributed by atoms with Crippen LogP contribution in [0, 0.1) is 0 Å². The number of ether oxygens (including phenoxy) is 3. The number of nitrogens with one attached hydrogen (secondary N) is 1. The summed E-state index contributed by atoms with van der Waals surface area (Å²) in [5.74, 6) is -0.217. The predicted molar refractivity (Wildman–Crippen MR) is 67.2 cm³/mol. The van der Waals surface area contributed by atoms with Gasteiger partial charge in [-0.05, 0) is 13.0 Å². The average Bonchev–Trinajstić information content (AvgIpc) is 2.37. The summed E-state index contributed by atoms with van der Waals surface area (Å²) in [7, 11) is 2.99. The van der Waals surface area contributed by atoms with Crippen molar-refractivity contribution >= 4 is 0 Å². The maximum Gasteiger partial charge on any atom is 0.573 e. The summed E-state index contributed by atoms with van der Waals surface area (Å²) in [5.41, 5.74) is 0.405. The number of alkyl halides is 3. The third-order valence-corrected chi connectivity index (χ3v) is 2.69. The van der Waals surface area contributed by atoms with Crippen molar-refractivity contribution in [1.82, 2.24) is 5.32 Å². The molecule has 1 N–H and O–H groups in total. The minimum Gasteiger partial charge on any atom is -0.405 e. The van der Waals surface area contributed by atoms with Crippen LogP contribution in [0.4, 0.5) is 13.2 Å². The Bertz CT molecular complexity index is 408. The van der Waals surface area contributed by atoms with E-state index in [-0.39, 0.29) is 18.3 Å². The van der Waals surface area contributed by atoms with E-state index in [0.29, 0.717) is 5.56 Å². The Morgan fingerprint density at radius 1 is 1.15 bits per heavy atom. The highest BCUT2D eigenvalue weighted by Crippen LogP contribution is 2.26. The fraction of sp³-hybridized carbons (Fsp3) is 0.538. The number of para-hydroxylation sites is 1. The second kappa shape index (κ2) is 7.47. The molecule has 0 saturated heterocycles. The lowest BCUT2D eigenvalue weighted by Gasteiger charge is -2.22. The number of benzene rings is 1. The maximum absolute atomic E-state index is 12.3. The topological polar surface area (TPSA) is 39.7 Å². The van der Waals surface area contributed by atoms with Crippen molar-refractivity contribution in [2.75, 3.05) is 14.2 Å². The molecule has 20 heavy (non-hydrogen) atoms. The normalized spacial score (nSPS) is 13.6. The summed E-state index contributed by atoms with van der Waals surface area (Å²) in [6, 6.07) is 5.79. The number of rotatable bonds is 7. The van der Waals surface area contributed by atoms with Crippen LogP contribution in [0.1, 0.15) is 12.5 Å². The van der Waals surface area contributed by atoms with Crippen LogP contribution >= 0.6 is 0 Å². The van der Waals surface area contributed by atoms with E-state index < -0.39 is 12.7 Å². The molecule has 0 bridgehead atoms. The molecule has 1 atom stereocenters. The summed E-state index contributed by atoms with van der Waals surface area (Å²) < 4.78 is 50.9. The first-order valence-corrected chi connectivity index (χ1v) is 6.00. The van der Waals surface area contributed by atoms with Gasteiger partial charge in [0.2, 0.25) is 0 Å². The van der Waals surface area contributed by atoms with Crippen LogP contribution in [0.2, 0.25) is 0 Å². The molecular formula is C13H18F3NO3. The second-order valence-electron chi connectivity index (χ2n) is 4.16. The lowest BCUT2D eigenvalue weighted by Crippen LogP contribution is -2.39. The minimum absolute atomic E-state index is 0.191. The molecule has 0 heterocycles. The summed E-state index contributed by atoms with van der Waals surface area (Å²) in [4.78, 5) is 0. The van der Waals surface area contributed by atoms with Crippen molar-refractivity contribution in [3.8, 4) is 5.75 Å². The molecule has 4 nitrogen and oxygen atoms in total. The molecule has 1 rings (SSSR count). The number of hydrogen-bond acceptors (Lipinski definition) is 4. The van der Waals surface area contributed by atoms with Crippen LogP contribution in [0.3, 0.4) is 0 Å². The highest BCUT2D eigenvalue weighted by Gasteiger charge is 2.32. The van der Waals surface area contributed by atoms with Crippen molar-refractivity contribution in [3.05, 3.63) is 29.8 Å². The fourth-order valence-electron chi connectivity index (χ4n) is 1.75. The molecule has 0 aliphatic carbocycles. The zero-order valence-electron chi connectivity index (χ0n) is 11.5. The Hall–Kier alpha value is -1.31. The Morgan fingerprint density at radius 3 is 2.30 bits per heavy atom. The highest BCUT2D eigenvalue weighted by atomic mass is 19.4. The van der Waals surface area contributed by atoms with E-state index >= 15 is 0 Å². The molecule has 114 valence electrons. The molecule has 0 fully saturated rings. The third-order valence-electron chi connectivity index (χ3n) is 2.69. The number of methoxy groups -OCH3 is 2. The predicted octanol–water partition coefficient (Wildman–Crippen LogP) is 2.68. The molecular weight excluding hydrogens is 275 g/mol. The first kappa shape index (κ1) is 16.7. The van der Waals surface area contributed by atoms with Crippen LogP contribution in [0.5, 0.6) is 5.75 Å². The van der Waals surface area contributed by atoms with Gasteiger partial charge in [-0.25, -0.2) is 0 Å². The second-order valence-corrected chi connectivity index (χ2v) is 4.16. The van der Waals surface area contributed by atoms with Crippen molar-refractivity contribution in [3.63, 3.8) is 0 Å². The zero-order valence-corrected chi connectivity index (χ0v) is 11.5. The highest BCUT2D eigenvalue weighted by molar-refractivity contribution is 5.33. The van der Waals surface area contributed by atoms with Crippen LogP contribution < -0.4 is 10.1 Å². The van der Waals surface area contributed by atoms with Gasteiger partial charge in [-0.3, -0.25) is 0 Å². The van der Waals surface area contributed by atoms with Crippen LogP contribution in [-0.2, 0) is 16.0 Å². The summed E-state index contributed by atoms with van der Waals surface area (Å²) in [5, 5.41) is 3.03. The lowest BCUT2D eigenvalue weighted by atomic mass is 10.2. The maximum atomic E-state index is 12.3. The van der Waals surface area contributed by atoms with Gasteiger partial charge in [0.1, 0.15) is 5.75 Å². The molecule has 0 spiro atoms. The van der Waals surface area contributed by atoms with Crippen molar-refractivity contribution in [2.24, 2.45) is 0 Å². The monoisotopic (exact) mass is 293 g/mol. The first-order chi connectivity index (χ1) is 9.37. The molecule has 1 aromatic carbocycles. The van der Waals surface area contributed by atoms with Gasteiger partial charge in [0.05, 0.1) is 6.04 Å². The fourth-order valence-corrected chi connectivity index (χ4v) is 1.75. The van der Waals surface area contributed by atoms with Crippen LogP contribution in [0.25, 0.3) is 0 Å². The number of halogens is 3. The van der Waals surface area contributed by atoms with Gasteiger partial charge in [-0.15, -0.1) is 13.2 Å². The van der Waals surface area contributed by atoms with Gasteiger partial charge in [0.15, 0.2) is 6.29 Å². The molecule has 0 amide bonds. The molecule has 0 radical (unpaired) electrons. The van der Waals surface area contributed by atoms with E-state index in [4.69, 9.17) is 9.47 Å². The molecule has 0 aliphatic rings. The van der Waals surface area contributed by atoms with Gasteiger partial charge in [-0.2, -0.15) is 0 Å². The zero-order chi connectivity index (χ0) is 15.2. The van der Waals surface area contributed by atoms with Gasteiger partial charge in [0.25, 0.3) is 0 Å². The Morgan fingerprint density at radius 2 is 1.75 bits per heavy atom. The molecule has 0 aliphatic heterocycles. The van der Waals surface area contributed by atoms with Gasteiger partial charge in [-0.1, -0.05) is 18.2 Å². The molecule has 1 unspecified atom stereocenters. The summed E-state index contributed by atoms with van der Waals surface area (Å²) in [6.45, 7) is 2.02. The Balaban J connectivity index is 2.68. The largest absolute Gasteiger partial charge is 0.573 e. The van der Waals surface area contributed by atoms with Gasteiger partial charge >= 0.3 is 6.36 Å². The van der Waals surface area contributed by atoms with Crippen molar-refractivity contribution in [1.29, 1.82) is 0 Å². The minimum atomic E-state index is -4.71. The number of hydrogen-bond donors (Lipinski definition) is 1. The van der Waals surface area contributed by atoms with Crippen molar-refractivity contribution in [2.45, 2.75) is 32.2 Å². The van der Waals surface area contributed by atoms with Crippen molar-refractivity contribution < 1.29 is 27.4 Å². The molecule has 0 saturated carbocycles. The van der Waals surface area contributed by atoms with Crippen LogP contribution in [0.15, 0.2) is 24.3 Å². The average molecular weight is 293 g/mol. The molecule has 1 aromatic rings. The van der Waals surface area contributed by atoms with E-state index in [1.54, 1.807) is 12.1 Å². The molecule has 0 aromatic heterocycles.